The Kier molecular flexibility index (Phi) is 22.9. The Labute approximate surface area is 335 Å². The van der Waals surface area contributed by atoms with Gasteiger partial charge < -0.3 is 44.2 Å². The molecule has 2 rings (SSSR count). The van der Waals surface area contributed by atoms with E-state index in [0.29, 0.717) is 18.5 Å². The fraction of sp³-hybridized carbons (Fsp3) is 0.683. The summed E-state index contributed by atoms with van der Waals surface area (Å²) in [4.78, 5) is 82.7. The van der Waals surface area contributed by atoms with Crippen LogP contribution in [-0.2, 0) is 57.2 Å². The van der Waals surface area contributed by atoms with Gasteiger partial charge in [0, 0.05) is 46.2 Å². The van der Waals surface area contributed by atoms with Gasteiger partial charge in [0.1, 0.15) is 24.5 Å². The van der Waals surface area contributed by atoms with Crippen molar-refractivity contribution in [3.63, 3.8) is 0 Å². The van der Waals surface area contributed by atoms with Crippen LogP contribution in [0.4, 0.5) is 5.69 Å². The Morgan fingerprint density at radius 3 is 1.51 bits per heavy atom. The molecule has 0 radical (unpaired) electrons. The minimum absolute atomic E-state index is 0.112. The fourth-order valence-corrected chi connectivity index (χ4v) is 6.33. The quantitative estimate of drug-likeness (QED) is 0.0534. The van der Waals surface area contributed by atoms with Crippen LogP contribution in [0.1, 0.15) is 137 Å². The van der Waals surface area contributed by atoms with E-state index in [4.69, 9.17) is 33.5 Å². The first-order valence-electron chi connectivity index (χ1n) is 20.1. The van der Waals surface area contributed by atoms with Crippen LogP contribution in [0.15, 0.2) is 24.3 Å². The summed E-state index contributed by atoms with van der Waals surface area (Å²) in [5.74, 6) is -3.94. The van der Waals surface area contributed by atoms with E-state index in [-0.39, 0.29) is 24.2 Å². The summed E-state index contributed by atoms with van der Waals surface area (Å²) in [5.41, 5.74) is 0.544. The largest absolute Gasteiger partial charge is 0.480 e. The van der Waals surface area contributed by atoms with E-state index < -0.39 is 66.6 Å². The summed E-state index contributed by atoms with van der Waals surface area (Å²) < 4.78 is 33.3. The zero-order valence-electron chi connectivity index (χ0n) is 34.0. The maximum atomic E-state index is 12.6. The molecular formula is C41H62N2O14. The van der Waals surface area contributed by atoms with Crippen LogP contribution in [0.25, 0.3) is 0 Å². The second-order valence-corrected chi connectivity index (χ2v) is 14.3. The van der Waals surface area contributed by atoms with Gasteiger partial charge in [-0.1, -0.05) is 77.0 Å². The van der Waals surface area contributed by atoms with E-state index in [9.17, 15) is 33.6 Å². The van der Waals surface area contributed by atoms with Gasteiger partial charge in [0.2, 0.25) is 24.2 Å². The molecule has 0 aliphatic carbocycles. The molecule has 6 atom stereocenters. The summed E-state index contributed by atoms with van der Waals surface area (Å²) >= 11 is 0. The number of hydrogen-bond donors (Lipinski definition) is 3. The summed E-state index contributed by atoms with van der Waals surface area (Å²) in [5, 5.41) is 14.2. The molecule has 16 nitrogen and oxygen atoms in total. The third kappa shape index (κ3) is 20.8. The highest BCUT2D eigenvalue weighted by molar-refractivity contribution is 5.90. The first-order valence-corrected chi connectivity index (χ1v) is 20.1. The monoisotopic (exact) mass is 806 g/mol. The van der Waals surface area contributed by atoms with Crippen LogP contribution in [0.5, 0.6) is 5.75 Å². The van der Waals surface area contributed by atoms with Gasteiger partial charge in [0.05, 0.1) is 0 Å². The summed E-state index contributed by atoms with van der Waals surface area (Å²) in [6.07, 6.45) is 9.43. The van der Waals surface area contributed by atoms with E-state index in [0.717, 1.165) is 72.1 Å². The molecule has 0 bridgehead atoms. The van der Waals surface area contributed by atoms with E-state index in [1.807, 2.05) is 0 Å². The van der Waals surface area contributed by atoms with Crippen LogP contribution in [0.2, 0.25) is 0 Å². The SMILES string of the molecule is CC(=O)OC[C@H]1O[C@@H](Oc2ccc(NC(=O)CCCCCCCCCCCCCCCCC(=O)NC(C)C(=O)O)cc2)[C@H](OC(C)=O)[C@@H](OC(C)=O)[C@@H]1OC(C)=O. The van der Waals surface area contributed by atoms with Gasteiger partial charge in [-0.25, -0.2) is 0 Å². The molecule has 0 aromatic heterocycles. The minimum atomic E-state index is -1.37. The fourth-order valence-electron chi connectivity index (χ4n) is 6.33. The second-order valence-electron chi connectivity index (χ2n) is 14.3. The van der Waals surface area contributed by atoms with E-state index in [1.54, 1.807) is 24.3 Å². The van der Waals surface area contributed by atoms with Crippen molar-refractivity contribution >= 4 is 47.3 Å². The molecule has 1 aliphatic rings. The van der Waals surface area contributed by atoms with Crippen molar-refractivity contribution < 1.29 is 67.1 Å². The lowest BCUT2D eigenvalue weighted by Crippen LogP contribution is -2.63. The molecule has 16 heteroatoms. The maximum Gasteiger partial charge on any atom is 0.325 e. The maximum absolute atomic E-state index is 12.6. The molecule has 57 heavy (non-hydrogen) atoms. The van der Waals surface area contributed by atoms with Gasteiger partial charge >= 0.3 is 29.8 Å². The van der Waals surface area contributed by atoms with Crippen LogP contribution in [-0.4, -0.2) is 90.1 Å². The van der Waals surface area contributed by atoms with Crippen molar-refractivity contribution in [2.24, 2.45) is 0 Å². The van der Waals surface area contributed by atoms with Crippen LogP contribution in [0.3, 0.4) is 0 Å². The molecule has 1 aliphatic heterocycles. The Morgan fingerprint density at radius 2 is 1.05 bits per heavy atom. The van der Waals surface area contributed by atoms with Crippen LogP contribution < -0.4 is 15.4 Å². The molecule has 1 aromatic carbocycles. The standard InChI is InChI=1S/C41H62N2O14/c1-27(40(50)51)42-35(48)20-18-16-14-12-10-8-6-7-9-11-13-15-17-19-21-36(49)43-32-22-24-33(25-23-32)56-41-39(55-31(5)47)38(54-30(4)46)37(53-29(3)45)34(57-41)26-52-28(2)44/h22-25,27,34,37-39,41H,6-21,26H2,1-5H3,(H,42,48)(H,43,49)(H,50,51)/t27?,34-,37-,38+,39-,41-/m1/s1. The Hall–Kier alpha value is -4.73. The number of aliphatic carboxylic acids is 1. The Balaban J connectivity index is 1.68. The van der Waals surface area contributed by atoms with Gasteiger partial charge in [0.25, 0.3) is 0 Å². The van der Waals surface area contributed by atoms with Gasteiger partial charge in [-0.3, -0.25) is 33.6 Å². The number of carboxylic acid groups (broad SMARTS) is 1. The molecule has 1 aromatic rings. The number of nitrogens with one attached hydrogen (secondary N) is 2. The number of benzene rings is 1. The molecule has 2 amide bonds. The number of esters is 4. The molecule has 3 N–H and O–H groups in total. The van der Waals surface area contributed by atoms with Gasteiger partial charge in [-0.05, 0) is 44.0 Å². The second kappa shape index (κ2) is 27.0. The normalized spacial score (nSPS) is 19.4. The van der Waals surface area contributed by atoms with Crippen molar-refractivity contribution in [3.05, 3.63) is 24.3 Å². The summed E-state index contributed by atoms with van der Waals surface area (Å²) in [6, 6.07) is 5.57. The predicted octanol–water partition coefficient (Wildman–Crippen LogP) is 5.92. The summed E-state index contributed by atoms with van der Waals surface area (Å²) in [6.45, 7) is 5.69. The topological polar surface area (TPSA) is 219 Å². The average molecular weight is 807 g/mol. The molecule has 1 fully saturated rings. The molecule has 1 unspecified atom stereocenters. The molecule has 1 saturated heterocycles. The first-order chi connectivity index (χ1) is 27.2. The number of ether oxygens (including phenoxy) is 6. The number of carboxylic acids is 1. The lowest BCUT2D eigenvalue weighted by atomic mass is 9.98. The van der Waals surface area contributed by atoms with Crippen molar-refractivity contribution in [2.45, 2.75) is 174 Å². The van der Waals surface area contributed by atoms with E-state index in [2.05, 4.69) is 10.6 Å². The number of hydrogen-bond acceptors (Lipinski definition) is 13. The number of amides is 2. The molecule has 320 valence electrons. The molecule has 1 heterocycles. The van der Waals surface area contributed by atoms with Gasteiger partial charge in [-0.15, -0.1) is 0 Å². The number of carbonyl (C=O) groups is 7. The van der Waals surface area contributed by atoms with Crippen LogP contribution in [0, 0.1) is 0 Å². The molecule has 0 saturated carbocycles. The van der Waals surface area contributed by atoms with Crippen molar-refractivity contribution in [3.8, 4) is 5.75 Å². The molecule has 0 spiro atoms. The number of rotatable bonds is 27. The van der Waals surface area contributed by atoms with Gasteiger partial charge in [0.15, 0.2) is 12.2 Å². The van der Waals surface area contributed by atoms with Crippen molar-refractivity contribution in [1.29, 1.82) is 0 Å². The zero-order valence-corrected chi connectivity index (χ0v) is 34.0. The highest BCUT2D eigenvalue weighted by atomic mass is 16.7. The lowest BCUT2D eigenvalue weighted by Gasteiger charge is -2.43. The number of anilines is 1. The average Bonchev–Trinajstić information content (AvgIpc) is 3.13. The van der Waals surface area contributed by atoms with Gasteiger partial charge in [-0.2, -0.15) is 0 Å². The lowest BCUT2D eigenvalue weighted by molar-refractivity contribution is -0.288. The zero-order chi connectivity index (χ0) is 42.2. The Bertz CT molecular complexity index is 1430. The third-order valence-corrected chi connectivity index (χ3v) is 9.14. The Morgan fingerprint density at radius 1 is 0.614 bits per heavy atom. The van der Waals surface area contributed by atoms with E-state index in [1.165, 1.54) is 52.4 Å². The summed E-state index contributed by atoms with van der Waals surface area (Å²) in [7, 11) is 0. The van der Waals surface area contributed by atoms with Crippen molar-refractivity contribution in [2.75, 3.05) is 11.9 Å². The number of carbonyl (C=O) groups excluding carboxylic acids is 6. The van der Waals surface area contributed by atoms with Crippen LogP contribution >= 0.6 is 0 Å². The minimum Gasteiger partial charge on any atom is -0.480 e. The number of unbranched alkanes of at least 4 members (excludes halogenated alkanes) is 13. The highest BCUT2D eigenvalue weighted by Gasteiger charge is 2.53. The third-order valence-electron chi connectivity index (χ3n) is 9.14. The smallest absolute Gasteiger partial charge is 0.325 e. The molecular weight excluding hydrogens is 744 g/mol. The van der Waals surface area contributed by atoms with Crippen molar-refractivity contribution in [1.82, 2.24) is 5.32 Å². The highest BCUT2D eigenvalue weighted by Crippen LogP contribution is 2.31. The first kappa shape index (κ1) is 48.4. The predicted molar refractivity (Wildman–Crippen MR) is 207 cm³/mol. The van der Waals surface area contributed by atoms with E-state index >= 15 is 0 Å².